The zero-order chi connectivity index (χ0) is 14.4. The maximum Gasteiger partial charge on any atom is 0.387 e. The third-order valence-corrected chi connectivity index (χ3v) is 2.96. The summed E-state index contributed by atoms with van der Waals surface area (Å²) in [6.07, 6.45) is 0. The van der Waals surface area contributed by atoms with E-state index in [1.165, 1.54) is 12.1 Å². The molecule has 1 unspecified atom stereocenters. The van der Waals surface area contributed by atoms with Crippen molar-refractivity contribution in [3.8, 4) is 5.75 Å². The van der Waals surface area contributed by atoms with Crippen molar-refractivity contribution in [3.63, 3.8) is 0 Å². The Kier molecular flexibility index (Phi) is 5.95. The molecule has 0 amide bonds. The first-order chi connectivity index (χ1) is 8.93. The van der Waals surface area contributed by atoms with Crippen LogP contribution >= 0.6 is 0 Å². The van der Waals surface area contributed by atoms with Crippen LogP contribution in [0.25, 0.3) is 0 Å². The molecule has 0 fully saturated rings. The van der Waals surface area contributed by atoms with E-state index in [2.05, 4.69) is 23.9 Å². The molecular weight excluding hydrogens is 257 g/mol. The number of hydrogen-bond acceptors (Lipinski definition) is 3. The Morgan fingerprint density at radius 3 is 2.47 bits per heavy atom. The van der Waals surface area contributed by atoms with Crippen LogP contribution in [0.3, 0.4) is 0 Å². The van der Waals surface area contributed by atoms with Crippen molar-refractivity contribution in [2.24, 2.45) is 17.6 Å². The molecule has 0 aliphatic carbocycles. The largest absolute Gasteiger partial charge is 0.432 e. The highest BCUT2D eigenvalue weighted by Crippen LogP contribution is 2.23. The highest BCUT2D eigenvalue weighted by molar-refractivity contribution is 5.47. The van der Waals surface area contributed by atoms with Crippen molar-refractivity contribution < 1.29 is 17.9 Å². The zero-order valence-corrected chi connectivity index (χ0v) is 11.0. The molecule has 108 valence electrons. The van der Waals surface area contributed by atoms with Crippen LogP contribution in [-0.2, 0) is 0 Å². The highest BCUT2D eigenvalue weighted by atomic mass is 19.3. The Bertz CT molecular complexity index is 399. The summed E-state index contributed by atoms with van der Waals surface area (Å²) in [7, 11) is 0. The molecule has 0 radical (unpaired) electrons. The van der Waals surface area contributed by atoms with Gasteiger partial charge in [-0.15, -0.1) is 0 Å². The number of ether oxygens (including phenoxy) is 1. The molecule has 0 heterocycles. The summed E-state index contributed by atoms with van der Waals surface area (Å²) < 4.78 is 41.4. The zero-order valence-electron chi connectivity index (χ0n) is 11.0. The lowest BCUT2D eigenvalue weighted by Crippen LogP contribution is -2.27. The van der Waals surface area contributed by atoms with Crippen molar-refractivity contribution in [1.29, 1.82) is 0 Å². The van der Waals surface area contributed by atoms with Crippen LogP contribution in [0.5, 0.6) is 5.75 Å². The van der Waals surface area contributed by atoms with E-state index in [9.17, 15) is 13.2 Å². The molecule has 0 aliphatic rings. The summed E-state index contributed by atoms with van der Waals surface area (Å²) in [5, 5.41) is 3.04. The molecule has 0 spiro atoms. The Morgan fingerprint density at radius 2 is 2.00 bits per heavy atom. The van der Waals surface area contributed by atoms with Gasteiger partial charge in [0.2, 0.25) is 0 Å². The number of rotatable bonds is 7. The molecule has 6 heteroatoms. The van der Waals surface area contributed by atoms with E-state index in [1.807, 2.05) is 0 Å². The number of anilines is 1. The van der Waals surface area contributed by atoms with Crippen molar-refractivity contribution in [2.75, 3.05) is 18.4 Å². The average Bonchev–Trinajstić information content (AvgIpc) is 2.32. The quantitative estimate of drug-likeness (QED) is 0.804. The van der Waals surface area contributed by atoms with Gasteiger partial charge < -0.3 is 15.8 Å². The van der Waals surface area contributed by atoms with Gasteiger partial charge in [0.1, 0.15) is 0 Å². The lowest BCUT2D eigenvalue weighted by Gasteiger charge is -2.20. The van der Waals surface area contributed by atoms with Gasteiger partial charge in [0.05, 0.1) is 0 Å². The lowest BCUT2D eigenvalue weighted by atomic mass is 9.96. The predicted octanol–water partition coefficient (Wildman–Crippen LogP) is 3.07. The van der Waals surface area contributed by atoms with E-state index >= 15 is 0 Å². The minimum absolute atomic E-state index is 0.264. The molecule has 1 atom stereocenters. The van der Waals surface area contributed by atoms with E-state index in [0.29, 0.717) is 24.7 Å². The Labute approximate surface area is 110 Å². The Morgan fingerprint density at radius 1 is 1.32 bits per heavy atom. The van der Waals surface area contributed by atoms with Crippen LogP contribution in [0, 0.1) is 17.7 Å². The first kappa shape index (κ1) is 15.6. The molecule has 0 aromatic heterocycles. The molecule has 3 N–H and O–H groups in total. The molecule has 19 heavy (non-hydrogen) atoms. The SMILES string of the molecule is CC(C)C(CN)CNc1ccc(OC(F)F)c(F)c1. The number of nitrogens with one attached hydrogen (secondary N) is 1. The predicted molar refractivity (Wildman–Crippen MR) is 68.9 cm³/mol. The second-order valence-corrected chi connectivity index (χ2v) is 4.64. The summed E-state index contributed by atoms with van der Waals surface area (Å²) >= 11 is 0. The van der Waals surface area contributed by atoms with E-state index in [1.54, 1.807) is 0 Å². The number of benzene rings is 1. The molecule has 1 rings (SSSR count). The van der Waals surface area contributed by atoms with Crippen LogP contribution in [0.1, 0.15) is 13.8 Å². The van der Waals surface area contributed by atoms with Gasteiger partial charge in [-0.25, -0.2) is 4.39 Å². The van der Waals surface area contributed by atoms with Gasteiger partial charge in [-0.3, -0.25) is 0 Å². The first-order valence-electron chi connectivity index (χ1n) is 6.12. The van der Waals surface area contributed by atoms with Crippen LogP contribution in [0.4, 0.5) is 18.9 Å². The van der Waals surface area contributed by atoms with Gasteiger partial charge >= 0.3 is 6.61 Å². The van der Waals surface area contributed by atoms with Crippen molar-refractivity contribution in [2.45, 2.75) is 20.5 Å². The number of hydrogen-bond donors (Lipinski definition) is 2. The van der Waals surface area contributed by atoms with E-state index < -0.39 is 18.2 Å². The fourth-order valence-electron chi connectivity index (χ4n) is 1.64. The third-order valence-electron chi connectivity index (χ3n) is 2.96. The normalized spacial score (nSPS) is 12.8. The van der Waals surface area contributed by atoms with Gasteiger partial charge in [-0.1, -0.05) is 13.8 Å². The van der Waals surface area contributed by atoms with Gasteiger partial charge in [-0.05, 0) is 30.5 Å². The Hall–Kier alpha value is -1.43. The van der Waals surface area contributed by atoms with Gasteiger partial charge in [0, 0.05) is 18.3 Å². The second kappa shape index (κ2) is 7.23. The number of halogens is 3. The van der Waals surface area contributed by atoms with E-state index in [4.69, 9.17) is 5.73 Å². The number of alkyl halides is 2. The van der Waals surface area contributed by atoms with Crippen molar-refractivity contribution >= 4 is 5.69 Å². The van der Waals surface area contributed by atoms with Crippen molar-refractivity contribution in [3.05, 3.63) is 24.0 Å². The van der Waals surface area contributed by atoms with Crippen LogP contribution in [0.2, 0.25) is 0 Å². The molecule has 0 bridgehead atoms. The average molecular weight is 276 g/mol. The summed E-state index contributed by atoms with van der Waals surface area (Å²) in [4.78, 5) is 0. The summed E-state index contributed by atoms with van der Waals surface area (Å²) in [5.41, 5.74) is 6.14. The minimum atomic E-state index is -3.03. The lowest BCUT2D eigenvalue weighted by molar-refractivity contribution is -0.0521. The molecule has 0 aliphatic heterocycles. The van der Waals surface area contributed by atoms with Gasteiger partial charge in [-0.2, -0.15) is 8.78 Å². The fourth-order valence-corrected chi connectivity index (χ4v) is 1.64. The Balaban J connectivity index is 2.63. The first-order valence-corrected chi connectivity index (χ1v) is 6.12. The number of nitrogens with two attached hydrogens (primary N) is 1. The van der Waals surface area contributed by atoms with E-state index in [0.717, 1.165) is 6.07 Å². The van der Waals surface area contributed by atoms with Crippen molar-refractivity contribution in [1.82, 2.24) is 0 Å². The fraction of sp³-hybridized carbons (Fsp3) is 0.538. The maximum absolute atomic E-state index is 13.5. The third kappa shape index (κ3) is 4.98. The summed E-state index contributed by atoms with van der Waals surface area (Å²) in [6, 6.07) is 3.80. The second-order valence-electron chi connectivity index (χ2n) is 4.64. The maximum atomic E-state index is 13.5. The topological polar surface area (TPSA) is 47.3 Å². The van der Waals surface area contributed by atoms with Crippen LogP contribution in [-0.4, -0.2) is 19.7 Å². The molecule has 0 saturated heterocycles. The summed E-state index contributed by atoms with van der Waals surface area (Å²) in [5.74, 6) is -0.609. The standard InChI is InChI=1S/C13H19F3N2O/c1-8(2)9(6-17)7-18-10-3-4-12(11(14)5-10)19-13(15)16/h3-5,8-9,13,18H,6-7,17H2,1-2H3. The molecular formula is C13H19F3N2O. The van der Waals surface area contributed by atoms with Crippen LogP contribution in [0.15, 0.2) is 18.2 Å². The molecule has 0 saturated carbocycles. The summed E-state index contributed by atoms with van der Waals surface area (Å²) in [6.45, 7) is 2.21. The molecule has 1 aromatic carbocycles. The monoisotopic (exact) mass is 276 g/mol. The molecule has 3 nitrogen and oxygen atoms in total. The van der Waals surface area contributed by atoms with Crippen LogP contribution < -0.4 is 15.8 Å². The van der Waals surface area contributed by atoms with Gasteiger partial charge in [0.15, 0.2) is 11.6 Å². The minimum Gasteiger partial charge on any atom is -0.432 e. The molecule has 1 aromatic rings. The van der Waals surface area contributed by atoms with E-state index in [-0.39, 0.29) is 5.92 Å². The van der Waals surface area contributed by atoms with Gasteiger partial charge in [0.25, 0.3) is 0 Å². The highest BCUT2D eigenvalue weighted by Gasteiger charge is 2.13. The smallest absolute Gasteiger partial charge is 0.387 e.